The van der Waals surface area contributed by atoms with E-state index in [-0.39, 0.29) is 5.56 Å². The van der Waals surface area contributed by atoms with E-state index < -0.39 is 5.97 Å². The van der Waals surface area contributed by atoms with Gasteiger partial charge in [-0.05, 0) is 56.6 Å². The van der Waals surface area contributed by atoms with Crippen molar-refractivity contribution >= 4 is 27.4 Å². The van der Waals surface area contributed by atoms with Gasteiger partial charge in [0.2, 0.25) is 0 Å². The molecule has 112 valence electrons. The zero-order chi connectivity index (χ0) is 15.8. The van der Waals surface area contributed by atoms with Crippen molar-refractivity contribution in [2.45, 2.75) is 0 Å². The summed E-state index contributed by atoms with van der Waals surface area (Å²) in [5.74, 6) is -0.987. The van der Waals surface area contributed by atoms with Crippen molar-refractivity contribution in [3.8, 4) is 16.8 Å². The second kappa shape index (κ2) is 5.29. The fourth-order valence-corrected chi connectivity index (χ4v) is 3.46. The summed E-state index contributed by atoms with van der Waals surface area (Å²) in [6.07, 6.45) is 1.44. The molecule has 23 heavy (non-hydrogen) atoms. The van der Waals surface area contributed by atoms with Crippen LogP contribution in [0, 0.1) is 0 Å². The molecule has 2 aromatic carbocycles. The van der Waals surface area contributed by atoms with Gasteiger partial charge >= 0.3 is 5.97 Å². The zero-order valence-corrected chi connectivity index (χ0v) is 12.6. The maximum Gasteiger partial charge on any atom is 0.335 e. The molecule has 0 saturated carbocycles. The maximum atomic E-state index is 11.5. The van der Waals surface area contributed by atoms with Gasteiger partial charge < -0.3 is 5.11 Å². The van der Waals surface area contributed by atoms with E-state index in [0.29, 0.717) is 5.69 Å². The number of carboxylic acid groups (broad SMARTS) is 1. The largest absolute Gasteiger partial charge is 0.478 e. The molecular weight excluding hydrogens is 312 g/mol. The molecule has 0 amide bonds. The third-order valence-corrected chi connectivity index (χ3v) is 4.53. The minimum absolute atomic E-state index is 0.196. The Hall–Kier alpha value is -3.06. The standard InChI is InChI=1S/C16H10N4O2S/c21-16(22)12-6-11(7-13(8-12)20-9-17-18-19-20)14-3-1-2-10-4-5-23-15(10)14/h1-9H,(H,21,22). The number of aromatic nitrogens is 4. The second-order valence-corrected chi connectivity index (χ2v) is 5.89. The fraction of sp³-hybridized carbons (Fsp3) is 0. The number of aromatic carboxylic acids is 1. The van der Waals surface area contributed by atoms with Gasteiger partial charge in [0.25, 0.3) is 0 Å². The highest BCUT2D eigenvalue weighted by Gasteiger charge is 2.12. The lowest BCUT2D eigenvalue weighted by molar-refractivity contribution is 0.0697. The van der Waals surface area contributed by atoms with Crippen molar-refractivity contribution in [3.63, 3.8) is 0 Å². The molecule has 6 nitrogen and oxygen atoms in total. The van der Waals surface area contributed by atoms with Crippen LogP contribution in [0.15, 0.2) is 54.2 Å². The molecule has 4 aromatic rings. The summed E-state index contributed by atoms with van der Waals surface area (Å²) in [5.41, 5.74) is 2.62. The molecule has 2 aromatic heterocycles. The van der Waals surface area contributed by atoms with E-state index in [0.717, 1.165) is 21.2 Å². The Morgan fingerprint density at radius 2 is 2.09 bits per heavy atom. The Labute approximate surface area is 134 Å². The number of hydrogen-bond donors (Lipinski definition) is 1. The van der Waals surface area contributed by atoms with E-state index in [2.05, 4.69) is 15.5 Å². The van der Waals surface area contributed by atoms with E-state index in [1.165, 1.54) is 11.0 Å². The number of nitrogens with zero attached hydrogens (tertiary/aromatic N) is 4. The van der Waals surface area contributed by atoms with Crippen molar-refractivity contribution in [1.29, 1.82) is 0 Å². The van der Waals surface area contributed by atoms with Crippen LogP contribution in [0.2, 0.25) is 0 Å². The fourth-order valence-electron chi connectivity index (χ4n) is 2.52. The first kappa shape index (κ1) is 13.6. The highest BCUT2D eigenvalue weighted by Crippen LogP contribution is 2.34. The lowest BCUT2D eigenvalue weighted by Crippen LogP contribution is -2.02. The molecule has 0 unspecified atom stereocenters. The Morgan fingerprint density at radius 1 is 1.17 bits per heavy atom. The number of hydrogen-bond acceptors (Lipinski definition) is 5. The monoisotopic (exact) mass is 322 g/mol. The summed E-state index contributed by atoms with van der Waals surface area (Å²) in [6.45, 7) is 0. The SMILES string of the molecule is O=C(O)c1cc(-c2cccc3ccsc23)cc(-n2cnnn2)c1. The van der Waals surface area contributed by atoms with Crippen LogP contribution in [0.4, 0.5) is 0 Å². The number of thiophene rings is 1. The van der Waals surface area contributed by atoms with E-state index in [9.17, 15) is 9.90 Å². The van der Waals surface area contributed by atoms with Crippen LogP contribution in [0.1, 0.15) is 10.4 Å². The highest BCUT2D eigenvalue weighted by molar-refractivity contribution is 7.17. The van der Waals surface area contributed by atoms with Crippen LogP contribution < -0.4 is 0 Å². The molecule has 0 radical (unpaired) electrons. The van der Waals surface area contributed by atoms with Gasteiger partial charge in [-0.2, -0.15) is 0 Å². The third kappa shape index (κ3) is 2.36. The van der Waals surface area contributed by atoms with Crippen LogP contribution in [-0.4, -0.2) is 31.3 Å². The average Bonchev–Trinajstić information content (AvgIpc) is 3.25. The number of rotatable bonds is 3. The van der Waals surface area contributed by atoms with Gasteiger partial charge in [-0.1, -0.05) is 18.2 Å². The Kier molecular flexibility index (Phi) is 3.13. The first-order chi connectivity index (χ1) is 11.2. The molecule has 0 bridgehead atoms. The van der Waals surface area contributed by atoms with Gasteiger partial charge in [0, 0.05) is 4.70 Å². The number of tetrazole rings is 1. The van der Waals surface area contributed by atoms with Crippen LogP contribution in [0.25, 0.3) is 26.9 Å². The zero-order valence-electron chi connectivity index (χ0n) is 11.7. The summed E-state index contributed by atoms with van der Waals surface area (Å²) >= 11 is 1.63. The van der Waals surface area contributed by atoms with Gasteiger partial charge in [0.05, 0.1) is 11.3 Å². The highest BCUT2D eigenvalue weighted by atomic mass is 32.1. The lowest BCUT2D eigenvalue weighted by atomic mass is 10.0. The summed E-state index contributed by atoms with van der Waals surface area (Å²) in [5, 5.41) is 23.6. The van der Waals surface area contributed by atoms with E-state index in [1.54, 1.807) is 23.5 Å². The Balaban J connectivity index is 1.98. The van der Waals surface area contributed by atoms with Gasteiger partial charge in [-0.25, -0.2) is 9.48 Å². The molecule has 1 N–H and O–H groups in total. The van der Waals surface area contributed by atoms with Crippen molar-refractivity contribution < 1.29 is 9.90 Å². The summed E-state index contributed by atoms with van der Waals surface area (Å²) in [6, 6.07) is 13.2. The van der Waals surface area contributed by atoms with Crippen LogP contribution in [0.5, 0.6) is 0 Å². The predicted octanol–water partition coefficient (Wildman–Crippen LogP) is 3.24. The topological polar surface area (TPSA) is 80.9 Å². The molecule has 0 atom stereocenters. The van der Waals surface area contributed by atoms with Gasteiger partial charge in [-0.15, -0.1) is 16.4 Å². The number of carbonyl (C=O) groups is 1. The van der Waals surface area contributed by atoms with Crippen molar-refractivity contribution in [1.82, 2.24) is 20.2 Å². The molecule has 0 spiro atoms. The van der Waals surface area contributed by atoms with Crippen LogP contribution in [-0.2, 0) is 0 Å². The van der Waals surface area contributed by atoms with E-state index in [1.807, 2.05) is 35.7 Å². The van der Waals surface area contributed by atoms with Crippen LogP contribution in [0.3, 0.4) is 0 Å². The smallest absolute Gasteiger partial charge is 0.335 e. The van der Waals surface area contributed by atoms with Gasteiger partial charge in [0.1, 0.15) is 6.33 Å². The third-order valence-electron chi connectivity index (χ3n) is 3.57. The molecule has 7 heteroatoms. The summed E-state index contributed by atoms with van der Waals surface area (Å²) in [7, 11) is 0. The Morgan fingerprint density at radius 3 is 2.87 bits per heavy atom. The van der Waals surface area contributed by atoms with E-state index >= 15 is 0 Å². The molecule has 2 heterocycles. The molecule has 0 aliphatic rings. The molecule has 0 saturated heterocycles. The number of benzene rings is 2. The molecular formula is C16H10N4O2S. The minimum atomic E-state index is -0.987. The van der Waals surface area contributed by atoms with Crippen molar-refractivity contribution in [3.05, 3.63) is 59.7 Å². The van der Waals surface area contributed by atoms with Crippen molar-refractivity contribution in [2.24, 2.45) is 0 Å². The van der Waals surface area contributed by atoms with Crippen molar-refractivity contribution in [2.75, 3.05) is 0 Å². The molecule has 4 rings (SSSR count). The predicted molar refractivity (Wildman–Crippen MR) is 86.9 cm³/mol. The van der Waals surface area contributed by atoms with Gasteiger partial charge in [0.15, 0.2) is 0 Å². The summed E-state index contributed by atoms with van der Waals surface area (Å²) < 4.78 is 2.57. The maximum absolute atomic E-state index is 11.5. The van der Waals surface area contributed by atoms with E-state index in [4.69, 9.17) is 0 Å². The molecule has 0 aliphatic heterocycles. The quantitative estimate of drug-likeness (QED) is 0.626. The second-order valence-electron chi connectivity index (χ2n) is 4.97. The Bertz CT molecular complexity index is 1010. The van der Waals surface area contributed by atoms with Gasteiger partial charge in [-0.3, -0.25) is 0 Å². The average molecular weight is 322 g/mol. The number of carboxylic acids is 1. The normalized spacial score (nSPS) is 11.0. The first-order valence-electron chi connectivity index (χ1n) is 6.81. The molecule has 0 fully saturated rings. The first-order valence-corrected chi connectivity index (χ1v) is 7.69. The lowest BCUT2D eigenvalue weighted by Gasteiger charge is -2.08. The van der Waals surface area contributed by atoms with Crippen LogP contribution >= 0.6 is 11.3 Å². The number of fused-ring (bicyclic) bond motifs is 1. The minimum Gasteiger partial charge on any atom is -0.478 e. The molecule has 0 aliphatic carbocycles. The summed E-state index contributed by atoms with van der Waals surface area (Å²) in [4.78, 5) is 11.5.